The number of nitrogens with zero attached hydrogens (tertiary/aromatic N) is 2. The van der Waals surface area contributed by atoms with Gasteiger partial charge in [-0.05, 0) is 122 Å². The molecule has 61 heavy (non-hydrogen) atoms. The van der Waals surface area contributed by atoms with E-state index in [4.69, 9.17) is 0 Å². The monoisotopic (exact) mass is 881 g/mol. The van der Waals surface area contributed by atoms with E-state index in [0.717, 1.165) is 69.8 Å². The number of rotatable bonds is 37. The summed E-state index contributed by atoms with van der Waals surface area (Å²) in [6, 6.07) is 15.2. The van der Waals surface area contributed by atoms with Gasteiger partial charge >= 0.3 is 32.1 Å². The zero-order chi connectivity index (χ0) is 44.6. The van der Waals surface area contributed by atoms with Crippen molar-refractivity contribution >= 4 is 11.4 Å². The van der Waals surface area contributed by atoms with Crippen molar-refractivity contribution in [3.63, 3.8) is 0 Å². The Kier molecular flexibility index (Phi) is 37.8. The zero-order valence-electron chi connectivity index (χ0n) is 41.7. The molecule has 0 saturated carbocycles. The maximum atomic E-state index is 10.0. The van der Waals surface area contributed by atoms with Crippen molar-refractivity contribution in [1.82, 2.24) is 0 Å². The first-order valence-electron chi connectivity index (χ1n) is 26.1. The van der Waals surface area contributed by atoms with E-state index in [9.17, 15) is 5.53 Å². The molecule has 0 saturated heterocycles. The maximum absolute atomic E-state index is 10.0. The molecular weight excluding hydrogens is 783 g/mol. The number of allylic oxidation sites excluding steroid dienone is 2. The Morgan fingerprint density at radius 3 is 1.03 bits per heavy atom. The van der Waals surface area contributed by atoms with Crippen molar-refractivity contribution in [2.24, 2.45) is 0 Å². The van der Waals surface area contributed by atoms with Gasteiger partial charge in [0.2, 0.25) is 0 Å². The summed E-state index contributed by atoms with van der Waals surface area (Å²) in [6.45, 7) is 13.8. The fourth-order valence-electron chi connectivity index (χ4n) is 8.77. The summed E-state index contributed by atoms with van der Waals surface area (Å²) >= 11 is 1.62. The van der Waals surface area contributed by atoms with E-state index in [1.807, 2.05) is 0 Å². The molecule has 0 bridgehead atoms. The first-order chi connectivity index (χ1) is 30.0. The molecule has 2 aromatic rings. The Morgan fingerprint density at radius 1 is 0.410 bits per heavy atom. The number of aryl methyl sites for hydroxylation is 4. The molecule has 0 N–H and O–H groups in total. The van der Waals surface area contributed by atoms with Crippen LogP contribution < -0.4 is 0 Å². The minimum atomic E-state index is 0.894. The third-order valence-electron chi connectivity index (χ3n) is 12.4. The summed E-state index contributed by atoms with van der Waals surface area (Å²) in [5.41, 5.74) is 22.5. The van der Waals surface area contributed by atoms with Crippen molar-refractivity contribution in [2.75, 3.05) is 0 Å². The molecule has 350 valence electrons. The van der Waals surface area contributed by atoms with Crippen molar-refractivity contribution in [3.05, 3.63) is 86.5 Å². The fourth-order valence-corrected chi connectivity index (χ4v) is 8.77. The van der Waals surface area contributed by atoms with E-state index in [0.29, 0.717) is 0 Å². The van der Waals surface area contributed by atoms with E-state index in [2.05, 4.69) is 100 Å². The Balaban J connectivity index is 0.00000601. The first kappa shape index (κ1) is 56.9. The molecule has 0 fully saturated rings. The molecule has 0 aliphatic carbocycles. The molecule has 0 aliphatic rings. The molecule has 2 rings (SSSR count). The summed E-state index contributed by atoms with van der Waals surface area (Å²) in [5.74, 6) is 7.28. The van der Waals surface area contributed by atoms with Gasteiger partial charge in [0, 0.05) is 0 Å². The second-order valence-corrected chi connectivity index (χ2v) is 19.2. The Labute approximate surface area is 386 Å². The number of hydrogen-bond donors (Lipinski definition) is 0. The number of unbranched alkanes of at least 4 members (excludes halogenated alkanes) is 22. The summed E-state index contributed by atoms with van der Waals surface area (Å²) < 4.78 is 0. The first-order valence-corrected chi connectivity index (χ1v) is 28.1. The standard InChI is InChI=1S/C56H92N2.2CH3.Ni/c1-7-13-19-21-23-25-27-29-31-33-37-50-42-51(38-34-32-30-28-26-24-22-20-14-8-2)46-54(45-50)56(55(40-18-12-6)52(47-58-57)39-17-11-5)53-43-48(35-15-9-3)41-49(44-53)36-16-10-4;;;/h41-46H,7-40H2,1-6H3;2*1H3;. The predicted molar refractivity (Wildman–Crippen MR) is 270 cm³/mol. The molecule has 0 unspecified atom stereocenters. The molecule has 0 heterocycles. The molecule has 2 aromatic carbocycles. The van der Waals surface area contributed by atoms with Gasteiger partial charge in [-0.2, -0.15) is 0 Å². The predicted octanol–water partition coefficient (Wildman–Crippen LogP) is 19.5. The van der Waals surface area contributed by atoms with Crippen LogP contribution in [0.1, 0.15) is 268 Å². The molecule has 0 aliphatic heterocycles. The van der Waals surface area contributed by atoms with Crippen LogP contribution in [0.4, 0.5) is 0 Å². The van der Waals surface area contributed by atoms with Crippen LogP contribution in [-0.4, -0.2) is 10.7 Å². The third kappa shape index (κ3) is 27.6. The molecule has 0 radical (unpaired) electrons. The van der Waals surface area contributed by atoms with E-state index in [-0.39, 0.29) is 0 Å². The normalized spacial score (nSPS) is 11.5. The van der Waals surface area contributed by atoms with E-state index < -0.39 is 0 Å². The molecule has 0 amide bonds. The SMILES string of the molecule is CCCCCCCCCCCCc1cc(CCCCCCCCCCCC)cc(C(=C(CCCC)C(=C=[N+]=[N-])CCCC)c2cc(CCCC)cc(CCCC)c2)c1.[CH3][Ni][CH3]. The molecule has 0 aromatic heterocycles. The molecule has 0 spiro atoms. The summed E-state index contributed by atoms with van der Waals surface area (Å²) in [4.78, 5) is 3.60. The van der Waals surface area contributed by atoms with Crippen molar-refractivity contribution < 1.29 is 19.2 Å². The quantitative estimate of drug-likeness (QED) is 0.0162. The Bertz CT molecular complexity index is 1400. The summed E-state index contributed by atoms with van der Waals surface area (Å²) in [5, 5.41) is 0. The number of hydrogen-bond acceptors (Lipinski definition) is 0. The van der Waals surface area contributed by atoms with Gasteiger partial charge in [0.05, 0.1) is 5.57 Å². The van der Waals surface area contributed by atoms with E-state index in [1.165, 1.54) is 199 Å². The van der Waals surface area contributed by atoms with Crippen molar-refractivity contribution in [3.8, 4) is 0 Å². The molecular formula is C58H98N2Ni. The van der Waals surface area contributed by atoms with Gasteiger partial charge in [-0.25, -0.2) is 0 Å². The zero-order valence-corrected chi connectivity index (χ0v) is 42.7. The van der Waals surface area contributed by atoms with Gasteiger partial charge in [-0.1, -0.05) is 219 Å². The fraction of sp³-hybridized carbons (Fsp3) is 0.724. The molecule has 0 atom stereocenters. The van der Waals surface area contributed by atoms with Crippen molar-refractivity contribution in [1.29, 1.82) is 0 Å². The summed E-state index contributed by atoms with van der Waals surface area (Å²) in [7, 11) is 0. The van der Waals surface area contributed by atoms with E-state index in [1.54, 1.807) is 14.4 Å². The van der Waals surface area contributed by atoms with Crippen LogP contribution in [0.3, 0.4) is 0 Å². The Morgan fingerprint density at radius 2 is 0.705 bits per heavy atom. The van der Waals surface area contributed by atoms with Gasteiger partial charge in [0.1, 0.15) is 0 Å². The van der Waals surface area contributed by atoms with Crippen LogP contribution in [-0.2, 0) is 40.1 Å². The van der Waals surface area contributed by atoms with Crippen LogP contribution in [0.15, 0.2) is 47.5 Å². The van der Waals surface area contributed by atoms with Gasteiger partial charge < -0.3 is 5.53 Å². The van der Waals surface area contributed by atoms with Crippen LogP contribution in [0.5, 0.6) is 0 Å². The second-order valence-electron chi connectivity index (χ2n) is 18.2. The van der Waals surface area contributed by atoms with Crippen LogP contribution in [0.2, 0.25) is 11.8 Å². The van der Waals surface area contributed by atoms with Crippen molar-refractivity contribution in [2.45, 2.75) is 272 Å². The van der Waals surface area contributed by atoms with Crippen LogP contribution >= 0.6 is 0 Å². The average molecular weight is 882 g/mol. The average Bonchev–Trinajstić information content (AvgIpc) is 3.26. The van der Waals surface area contributed by atoms with Gasteiger partial charge in [-0.15, -0.1) is 4.79 Å². The molecule has 2 nitrogen and oxygen atoms in total. The Hall–Kier alpha value is -2.17. The number of benzene rings is 2. The summed E-state index contributed by atoms with van der Waals surface area (Å²) in [6.07, 6.45) is 43.1. The van der Waals surface area contributed by atoms with Crippen LogP contribution in [0.25, 0.3) is 11.1 Å². The third-order valence-corrected chi connectivity index (χ3v) is 12.4. The van der Waals surface area contributed by atoms with Gasteiger partial charge in [0.25, 0.3) is 0 Å². The van der Waals surface area contributed by atoms with Gasteiger partial charge in [0.15, 0.2) is 0 Å². The van der Waals surface area contributed by atoms with Gasteiger partial charge in [-0.3, -0.25) is 0 Å². The minimum absolute atomic E-state index is 0.894. The second kappa shape index (κ2) is 40.6. The molecule has 3 heteroatoms. The topological polar surface area (TPSA) is 36.4 Å². The van der Waals surface area contributed by atoms with Crippen LogP contribution in [0, 0.1) is 0 Å². The van der Waals surface area contributed by atoms with E-state index >= 15 is 0 Å².